The van der Waals surface area contributed by atoms with Crippen LogP contribution in [0.25, 0.3) is 22.3 Å². The van der Waals surface area contributed by atoms with E-state index in [-0.39, 0.29) is 44.0 Å². The second-order valence-electron chi connectivity index (χ2n) is 5.73. The third-order valence-electron chi connectivity index (χ3n) is 4.26. The van der Waals surface area contributed by atoms with Crippen molar-refractivity contribution in [2.24, 2.45) is 0 Å². The van der Waals surface area contributed by atoms with Gasteiger partial charge in [-0.2, -0.15) is 0 Å². The molecule has 3 aromatic carbocycles. The summed E-state index contributed by atoms with van der Waals surface area (Å²) in [4.78, 5) is 0. The molecule has 1 aliphatic carbocycles. The van der Waals surface area contributed by atoms with Crippen molar-refractivity contribution in [1.29, 1.82) is 0 Å². The van der Waals surface area contributed by atoms with Crippen LogP contribution in [0.3, 0.4) is 0 Å². The second-order valence-corrected chi connectivity index (χ2v) is 5.73. The molecule has 0 amide bonds. The van der Waals surface area contributed by atoms with Gasteiger partial charge in [-0.05, 0) is 53.3 Å². The van der Waals surface area contributed by atoms with Crippen LogP contribution in [0.2, 0.25) is 0 Å². The first-order valence-corrected chi connectivity index (χ1v) is 7.23. The van der Waals surface area contributed by atoms with Gasteiger partial charge in [0.25, 0.3) is 0 Å². The second kappa shape index (κ2) is 9.03. The van der Waals surface area contributed by atoms with Crippen molar-refractivity contribution in [2.45, 2.75) is 13.3 Å². The summed E-state index contributed by atoms with van der Waals surface area (Å²) in [6.07, 6.45) is 0.978. The molecule has 0 saturated carbocycles. The number of hydrogen-bond donors (Lipinski definition) is 1. The zero-order valence-corrected chi connectivity index (χ0v) is 17.0. The van der Waals surface area contributed by atoms with E-state index >= 15 is 0 Å². The molecule has 0 unspecified atom stereocenters. The van der Waals surface area contributed by atoms with E-state index in [2.05, 4.69) is 42.5 Å². The minimum atomic E-state index is 0. The van der Waals surface area contributed by atoms with Gasteiger partial charge < -0.3 is 27.4 Å². The largest absolute Gasteiger partial charge is 3.00 e. The molecule has 25 heavy (non-hydrogen) atoms. The van der Waals surface area contributed by atoms with Crippen molar-refractivity contribution in [2.75, 3.05) is 0 Å². The average Bonchev–Trinajstić information content (AvgIpc) is 2.87. The molecule has 0 aromatic heterocycles. The van der Waals surface area contributed by atoms with Crippen LogP contribution in [-0.4, -0.2) is 5.11 Å². The summed E-state index contributed by atoms with van der Waals surface area (Å²) >= 11 is 0. The van der Waals surface area contributed by atoms with Crippen LogP contribution in [0.1, 0.15) is 16.7 Å². The van der Waals surface area contributed by atoms with Crippen LogP contribution in [0.4, 0.5) is 0 Å². The molecule has 0 saturated heterocycles. The predicted molar refractivity (Wildman–Crippen MR) is 106 cm³/mol. The van der Waals surface area contributed by atoms with Crippen LogP contribution in [0, 0.1) is 29.2 Å². The first-order chi connectivity index (χ1) is 10.2. The van der Waals surface area contributed by atoms with Gasteiger partial charge in [0.05, 0.1) is 0 Å². The fourth-order valence-corrected chi connectivity index (χ4v) is 3.19. The van der Waals surface area contributed by atoms with Gasteiger partial charge in [-0.25, -0.2) is 0 Å². The van der Waals surface area contributed by atoms with Gasteiger partial charge in [-0.15, -0.1) is 0 Å². The quantitative estimate of drug-likeness (QED) is 0.311. The Morgan fingerprint density at radius 3 is 2.16 bits per heavy atom. The fraction of sp³-hybridized carbons (Fsp3) is 0.0870. The fourth-order valence-electron chi connectivity index (χ4n) is 3.19. The third-order valence-corrected chi connectivity index (χ3v) is 4.26. The SMILES string of the molecule is Cc1ccc(O)c(-c2ccc3c(c2)Cc2ccccc2-3)c1.[CH3-].[CH3-].[CH3-].[Ti+3]. The molecule has 0 fully saturated rings. The number of rotatable bonds is 1. The van der Waals surface area contributed by atoms with E-state index in [1.807, 2.05) is 19.1 Å². The predicted octanol–water partition coefficient (Wildman–Crippen LogP) is 6.29. The first kappa shape index (κ1) is 23.2. The van der Waals surface area contributed by atoms with Crippen LogP contribution in [0.5, 0.6) is 5.75 Å². The summed E-state index contributed by atoms with van der Waals surface area (Å²) in [7, 11) is 0. The molecule has 1 nitrogen and oxygen atoms in total. The first-order valence-electron chi connectivity index (χ1n) is 7.23. The summed E-state index contributed by atoms with van der Waals surface area (Å²) in [5, 5.41) is 10.1. The minimum absolute atomic E-state index is 0. The zero-order chi connectivity index (χ0) is 14.4. The van der Waals surface area contributed by atoms with Gasteiger partial charge in [-0.1, -0.05) is 54.1 Å². The van der Waals surface area contributed by atoms with E-state index < -0.39 is 0 Å². The molecular formula is C23H25OTi. The van der Waals surface area contributed by atoms with E-state index in [1.54, 1.807) is 6.07 Å². The van der Waals surface area contributed by atoms with E-state index in [0.29, 0.717) is 5.75 Å². The Morgan fingerprint density at radius 2 is 1.40 bits per heavy atom. The number of phenols is 1. The van der Waals surface area contributed by atoms with Gasteiger partial charge in [-0.3, -0.25) is 0 Å². The Balaban J connectivity index is 0.00000144. The Morgan fingerprint density at radius 1 is 0.720 bits per heavy atom. The number of benzene rings is 3. The van der Waals surface area contributed by atoms with Crippen molar-refractivity contribution >= 4 is 0 Å². The third kappa shape index (κ3) is 4.06. The summed E-state index contributed by atoms with van der Waals surface area (Å²) < 4.78 is 0. The maximum Gasteiger partial charge on any atom is 3.00 e. The average molecular weight is 365 g/mol. The summed E-state index contributed by atoms with van der Waals surface area (Å²) in [5.74, 6) is 0.344. The normalized spacial score (nSPS) is 10.1. The van der Waals surface area contributed by atoms with Crippen LogP contribution in [0.15, 0.2) is 60.7 Å². The molecule has 3 aromatic rings. The van der Waals surface area contributed by atoms with Gasteiger partial charge in [0.15, 0.2) is 0 Å². The Kier molecular flexibility index (Phi) is 8.37. The molecular weight excluding hydrogens is 340 g/mol. The van der Waals surface area contributed by atoms with Crippen LogP contribution < -0.4 is 0 Å². The molecule has 0 bridgehead atoms. The molecule has 4 rings (SSSR count). The Labute approximate surface area is 167 Å². The molecule has 1 radical (unpaired) electrons. The Bertz CT molecular complexity index is 852. The molecule has 127 valence electrons. The number of aryl methyl sites for hydroxylation is 1. The summed E-state index contributed by atoms with van der Waals surface area (Å²) in [6, 6.07) is 20.8. The van der Waals surface area contributed by atoms with Gasteiger partial charge in [0.1, 0.15) is 5.75 Å². The van der Waals surface area contributed by atoms with Crippen molar-refractivity contribution in [3.05, 3.63) is 99.6 Å². The standard InChI is InChI=1S/C20H16O.3CH3.Ti/c1-13-6-9-20(21)19(10-13)15-7-8-18-16(12-15)11-14-4-2-3-5-17(14)18;;;;/h2-10,12,21H,11H2,1H3;3*1H3;/q;3*-1;+3. The van der Waals surface area contributed by atoms with E-state index in [0.717, 1.165) is 23.1 Å². The number of hydrogen-bond acceptors (Lipinski definition) is 1. The molecule has 1 aliphatic rings. The molecule has 0 spiro atoms. The van der Waals surface area contributed by atoms with Gasteiger partial charge in [0.2, 0.25) is 0 Å². The summed E-state index contributed by atoms with van der Waals surface area (Å²) in [5.41, 5.74) is 8.55. The van der Waals surface area contributed by atoms with Crippen LogP contribution >= 0.6 is 0 Å². The van der Waals surface area contributed by atoms with E-state index in [4.69, 9.17) is 0 Å². The molecule has 1 N–H and O–H groups in total. The number of fused-ring (bicyclic) bond motifs is 3. The maximum atomic E-state index is 10.1. The topological polar surface area (TPSA) is 20.2 Å². The van der Waals surface area contributed by atoms with Crippen LogP contribution in [-0.2, 0) is 28.1 Å². The zero-order valence-electron chi connectivity index (χ0n) is 15.4. The smallest absolute Gasteiger partial charge is 0.507 e. The maximum absolute atomic E-state index is 10.1. The van der Waals surface area contributed by atoms with Gasteiger partial charge >= 0.3 is 21.7 Å². The van der Waals surface area contributed by atoms with E-state index in [1.165, 1.54) is 22.3 Å². The minimum Gasteiger partial charge on any atom is -0.507 e. The molecule has 0 aliphatic heterocycles. The number of phenolic OH excluding ortho intramolecular Hbond substituents is 1. The van der Waals surface area contributed by atoms with Crippen molar-refractivity contribution in [3.8, 4) is 28.0 Å². The van der Waals surface area contributed by atoms with Crippen molar-refractivity contribution in [1.82, 2.24) is 0 Å². The number of aromatic hydroxyl groups is 1. The summed E-state index contributed by atoms with van der Waals surface area (Å²) in [6.45, 7) is 2.05. The molecule has 0 heterocycles. The molecule has 0 atom stereocenters. The van der Waals surface area contributed by atoms with Gasteiger partial charge in [0, 0.05) is 5.56 Å². The van der Waals surface area contributed by atoms with Crippen molar-refractivity contribution in [3.63, 3.8) is 0 Å². The Hall–Kier alpha value is -1.83. The van der Waals surface area contributed by atoms with E-state index in [9.17, 15) is 5.11 Å². The monoisotopic (exact) mass is 365 g/mol. The van der Waals surface area contributed by atoms with Crippen molar-refractivity contribution < 1.29 is 26.8 Å². The molecule has 2 heteroatoms.